The van der Waals surface area contributed by atoms with E-state index >= 15 is 0 Å². The van der Waals surface area contributed by atoms with E-state index in [9.17, 15) is 18.4 Å². The van der Waals surface area contributed by atoms with Crippen LogP contribution in [0.15, 0.2) is 58.8 Å². The van der Waals surface area contributed by atoms with Gasteiger partial charge in [0.05, 0.1) is 28.0 Å². The molecule has 0 aliphatic heterocycles. The lowest BCUT2D eigenvalue weighted by molar-refractivity contribution is -0.113. The number of anilines is 1. The largest absolute Gasteiger partial charge is 0.338 e. The fraction of sp³-hybridized carbons (Fsp3) is 0.0909. The predicted molar refractivity (Wildman–Crippen MR) is 126 cm³/mol. The van der Waals surface area contributed by atoms with Gasteiger partial charge in [-0.15, -0.1) is 23.1 Å². The van der Waals surface area contributed by atoms with Crippen molar-refractivity contribution < 1.29 is 13.6 Å². The highest BCUT2D eigenvalue weighted by Crippen LogP contribution is 2.25. The Morgan fingerprint density at radius 2 is 2.03 bits per heavy atom. The summed E-state index contributed by atoms with van der Waals surface area (Å²) in [6.45, 7) is 0. The highest BCUT2D eigenvalue weighted by molar-refractivity contribution is 7.99. The number of fused-ring (bicyclic) bond motifs is 2. The number of rotatable bonds is 6. The van der Waals surface area contributed by atoms with Crippen LogP contribution in [-0.2, 0) is 10.5 Å². The van der Waals surface area contributed by atoms with Crippen LogP contribution in [0.2, 0.25) is 0 Å². The molecule has 2 aromatic carbocycles. The van der Waals surface area contributed by atoms with Crippen molar-refractivity contribution in [2.75, 3.05) is 11.1 Å². The highest BCUT2D eigenvalue weighted by atomic mass is 32.2. The topological polar surface area (TPSA) is 92.2 Å². The van der Waals surface area contributed by atoms with E-state index in [1.165, 1.54) is 33.6 Å². The molecule has 0 unspecified atom stereocenters. The van der Waals surface area contributed by atoms with Gasteiger partial charge in [0.25, 0.3) is 5.56 Å². The molecule has 3 aromatic heterocycles. The van der Waals surface area contributed by atoms with Crippen LogP contribution in [0.4, 0.5) is 14.5 Å². The number of amides is 1. The summed E-state index contributed by atoms with van der Waals surface area (Å²) in [6, 6.07) is 9.68. The molecule has 11 heteroatoms. The van der Waals surface area contributed by atoms with Crippen LogP contribution in [0.25, 0.3) is 27.4 Å². The Bertz CT molecular complexity index is 1560. The highest BCUT2D eigenvalue weighted by Gasteiger charge is 2.12. The van der Waals surface area contributed by atoms with Crippen LogP contribution in [0.5, 0.6) is 0 Å². The van der Waals surface area contributed by atoms with Crippen molar-refractivity contribution in [2.45, 2.75) is 5.75 Å². The Morgan fingerprint density at radius 3 is 2.91 bits per heavy atom. The van der Waals surface area contributed by atoms with Crippen LogP contribution in [0.3, 0.4) is 0 Å². The van der Waals surface area contributed by atoms with Gasteiger partial charge in [0.1, 0.15) is 17.5 Å². The molecule has 0 bridgehead atoms. The Morgan fingerprint density at radius 1 is 1.15 bits per heavy atom. The number of aromatic nitrogens is 4. The molecule has 7 nitrogen and oxygen atoms in total. The predicted octanol–water partition coefficient (Wildman–Crippen LogP) is 4.45. The number of halogens is 2. The Kier molecular flexibility index (Phi) is 5.65. The summed E-state index contributed by atoms with van der Waals surface area (Å²) < 4.78 is 29.0. The Balaban J connectivity index is 1.24. The minimum atomic E-state index is -0.587. The molecule has 0 spiro atoms. The fourth-order valence-corrected chi connectivity index (χ4v) is 4.76. The van der Waals surface area contributed by atoms with E-state index in [-0.39, 0.29) is 28.6 Å². The summed E-state index contributed by atoms with van der Waals surface area (Å²) in [6.07, 6.45) is 1.67. The lowest BCUT2D eigenvalue weighted by Gasteiger charge is -2.05. The summed E-state index contributed by atoms with van der Waals surface area (Å²) in [4.78, 5) is 36.7. The molecule has 166 valence electrons. The zero-order chi connectivity index (χ0) is 22.9. The number of nitrogens with one attached hydrogen (secondary N) is 2. The maximum atomic E-state index is 14.1. The van der Waals surface area contributed by atoms with Crippen LogP contribution in [0, 0.1) is 11.6 Å². The number of carbonyl (C=O) groups excluding carboxylic acids is 1. The van der Waals surface area contributed by atoms with E-state index in [0.717, 1.165) is 18.2 Å². The van der Waals surface area contributed by atoms with Crippen LogP contribution in [-0.4, -0.2) is 31.0 Å². The monoisotopic (exact) mass is 483 g/mol. The molecule has 0 aliphatic carbocycles. The van der Waals surface area contributed by atoms with Crippen molar-refractivity contribution in [2.24, 2.45) is 0 Å². The number of hydrogen-bond donors (Lipinski definition) is 2. The van der Waals surface area contributed by atoms with Gasteiger partial charge >= 0.3 is 0 Å². The summed E-state index contributed by atoms with van der Waals surface area (Å²) in [7, 11) is 0. The van der Waals surface area contributed by atoms with Crippen molar-refractivity contribution in [1.82, 2.24) is 19.4 Å². The minimum Gasteiger partial charge on any atom is -0.338 e. The van der Waals surface area contributed by atoms with Gasteiger partial charge in [-0.1, -0.05) is 0 Å². The normalized spacial score (nSPS) is 11.3. The number of nitrogens with zero attached hydrogens (tertiary/aromatic N) is 3. The molecular weight excluding hydrogens is 468 g/mol. The molecule has 2 N–H and O–H groups in total. The summed E-state index contributed by atoms with van der Waals surface area (Å²) in [5, 5.41) is 4.59. The quantitative estimate of drug-likeness (QED) is 0.372. The maximum absolute atomic E-state index is 14.1. The summed E-state index contributed by atoms with van der Waals surface area (Å²) in [5.41, 5.74) is 2.18. The van der Waals surface area contributed by atoms with Gasteiger partial charge in [0, 0.05) is 29.1 Å². The molecule has 0 radical (unpaired) electrons. The summed E-state index contributed by atoms with van der Waals surface area (Å²) >= 11 is 2.72. The van der Waals surface area contributed by atoms with E-state index in [4.69, 9.17) is 0 Å². The summed E-state index contributed by atoms with van der Waals surface area (Å²) in [5.74, 6) is -0.563. The lowest BCUT2D eigenvalue weighted by atomic mass is 10.2. The third-order valence-corrected chi connectivity index (χ3v) is 6.51. The molecule has 1 amide bonds. The van der Waals surface area contributed by atoms with Crippen molar-refractivity contribution in [3.8, 4) is 11.4 Å². The second-order valence-corrected chi connectivity index (χ2v) is 8.98. The minimum absolute atomic E-state index is 0.0298. The number of hydrogen-bond acceptors (Lipinski definition) is 6. The number of H-pyrrole nitrogens is 1. The zero-order valence-electron chi connectivity index (χ0n) is 16.8. The van der Waals surface area contributed by atoms with Gasteiger partial charge in [-0.25, -0.2) is 18.7 Å². The van der Waals surface area contributed by atoms with Crippen LogP contribution >= 0.6 is 23.1 Å². The van der Waals surface area contributed by atoms with E-state index in [1.807, 2.05) is 0 Å². The molecule has 0 fully saturated rings. The first-order chi connectivity index (χ1) is 16.0. The molecule has 5 rings (SSSR count). The average molecular weight is 484 g/mol. The third kappa shape index (κ3) is 4.50. The van der Waals surface area contributed by atoms with E-state index in [2.05, 4.69) is 20.3 Å². The van der Waals surface area contributed by atoms with Gasteiger partial charge < -0.3 is 10.3 Å². The molecule has 3 heterocycles. The number of benzene rings is 2. The van der Waals surface area contributed by atoms with Crippen molar-refractivity contribution in [3.63, 3.8) is 0 Å². The zero-order valence-corrected chi connectivity index (χ0v) is 18.5. The molecule has 0 aliphatic rings. The van der Waals surface area contributed by atoms with Gasteiger partial charge in [-0.3, -0.25) is 14.0 Å². The lowest BCUT2D eigenvalue weighted by Crippen LogP contribution is -2.15. The number of thiazole rings is 1. The van der Waals surface area contributed by atoms with E-state index < -0.39 is 11.6 Å². The van der Waals surface area contributed by atoms with Gasteiger partial charge in [-0.05, 0) is 36.4 Å². The maximum Gasteiger partial charge on any atom is 0.258 e. The smallest absolute Gasteiger partial charge is 0.258 e. The van der Waals surface area contributed by atoms with Crippen molar-refractivity contribution in [1.29, 1.82) is 0 Å². The third-order valence-electron chi connectivity index (χ3n) is 4.79. The first-order valence-corrected chi connectivity index (χ1v) is 11.8. The number of aromatic amines is 1. The molecule has 0 atom stereocenters. The molecule has 33 heavy (non-hydrogen) atoms. The molecule has 0 saturated heterocycles. The second-order valence-electron chi connectivity index (χ2n) is 7.12. The second kappa shape index (κ2) is 8.75. The molecule has 0 saturated carbocycles. The average Bonchev–Trinajstić information content (AvgIpc) is 3.42. The number of thioether (sulfide) groups is 1. The van der Waals surface area contributed by atoms with Crippen LogP contribution < -0.4 is 10.9 Å². The van der Waals surface area contributed by atoms with Crippen LogP contribution in [0.1, 0.15) is 5.69 Å². The Hall–Kier alpha value is -3.57. The number of imidazole rings is 1. The number of carbonyl (C=O) groups is 1. The SMILES string of the molecule is O=C(CSCc1cc(=O)n2ccsc2n1)Nc1ccc2nc(-c3cc(F)ccc3F)[nH]c2c1. The molecule has 5 aromatic rings. The van der Waals surface area contributed by atoms with Gasteiger partial charge in [0.15, 0.2) is 4.96 Å². The fourth-order valence-electron chi connectivity index (χ4n) is 3.30. The van der Waals surface area contributed by atoms with Gasteiger partial charge in [0.2, 0.25) is 5.91 Å². The van der Waals surface area contributed by atoms with Crippen molar-refractivity contribution >= 4 is 50.7 Å². The Labute approximate surface area is 193 Å². The van der Waals surface area contributed by atoms with E-state index in [0.29, 0.717) is 33.1 Å². The van der Waals surface area contributed by atoms with Gasteiger partial charge in [-0.2, -0.15) is 0 Å². The standard InChI is InChI=1S/C22H15F2N5O2S2/c23-12-1-3-16(24)15(7-12)21-27-17-4-2-13(8-18(17)28-21)25-19(30)11-32-10-14-9-20(31)29-5-6-33-22(29)26-14/h1-9H,10-11H2,(H,25,30)(H,27,28). The first kappa shape index (κ1) is 21.3. The van der Waals surface area contributed by atoms with Crippen molar-refractivity contribution in [3.05, 3.63) is 81.7 Å². The molecular formula is C22H15F2N5O2S2. The van der Waals surface area contributed by atoms with E-state index in [1.54, 1.807) is 29.8 Å². The first-order valence-electron chi connectivity index (χ1n) is 9.75.